The van der Waals surface area contributed by atoms with Gasteiger partial charge in [-0.05, 0) is 19.1 Å². The van der Waals surface area contributed by atoms with Crippen molar-refractivity contribution in [1.29, 1.82) is 0 Å². The third-order valence-corrected chi connectivity index (χ3v) is 3.40. The third kappa shape index (κ3) is 3.18. The Morgan fingerprint density at radius 3 is 2.88 bits per heavy atom. The second kappa shape index (κ2) is 6.63. The van der Waals surface area contributed by atoms with Crippen molar-refractivity contribution in [2.24, 2.45) is 0 Å². The van der Waals surface area contributed by atoms with Crippen LogP contribution in [-0.2, 0) is 0 Å². The van der Waals surface area contributed by atoms with Crippen LogP contribution >= 0.6 is 11.6 Å². The molecule has 0 bridgehead atoms. The average Bonchev–Trinajstić information content (AvgIpc) is 2.55. The zero-order valence-corrected chi connectivity index (χ0v) is 13.4. The normalized spacial score (nSPS) is 10.6. The van der Waals surface area contributed by atoms with Crippen LogP contribution in [0.4, 0.5) is 11.6 Å². The van der Waals surface area contributed by atoms with E-state index in [0.29, 0.717) is 23.4 Å². The molecule has 0 fully saturated rings. The number of carbonyl (C=O) groups is 1. The number of fused-ring (bicyclic) bond motifs is 1. The monoisotopic (exact) mass is 344 g/mol. The summed E-state index contributed by atoms with van der Waals surface area (Å²) in [5, 5.41) is 6.09. The maximum Gasteiger partial charge on any atom is 0.262 e. The van der Waals surface area contributed by atoms with Gasteiger partial charge in [-0.25, -0.2) is 15.0 Å². The number of anilines is 2. The number of nitrogens with one attached hydrogen (secondary N) is 3. The largest absolute Gasteiger partial charge is 0.352 e. The van der Waals surface area contributed by atoms with Gasteiger partial charge in [0.2, 0.25) is 0 Å². The standard InChI is InChI=1S/C15H13ClN6O2/c1-2-17-14(23)8-3-4-11(18-6-8)22-13-12-9(5-10(16)21-13)19-7-20-15(12)24/h3-7H,2H2,1H3,(H,17,23)(H,18,21,22)(H,19,20,24). The summed E-state index contributed by atoms with van der Waals surface area (Å²) in [4.78, 5) is 38.6. The molecule has 0 saturated carbocycles. The van der Waals surface area contributed by atoms with Crippen LogP contribution in [0.2, 0.25) is 5.15 Å². The Kier molecular flexibility index (Phi) is 4.39. The van der Waals surface area contributed by atoms with E-state index < -0.39 is 0 Å². The second-order valence-corrected chi connectivity index (χ2v) is 5.22. The van der Waals surface area contributed by atoms with Crippen LogP contribution in [0.25, 0.3) is 10.9 Å². The smallest absolute Gasteiger partial charge is 0.262 e. The number of aromatic amines is 1. The van der Waals surface area contributed by atoms with Gasteiger partial charge in [-0.2, -0.15) is 0 Å². The van der Waals surface area contributed by atoms with Gasteiger partial charge in [0.15, 0.2) is 0 Å². The van der Waals surface area contributed by atoms with Crippen molar-refractivity contribution >= 4 is 40.0 Å². The number of pyridine rings is 2. The van der Waals surface area contributed by atoms with E-state index in [-0.39, 0.29) is 27.8 Å². The Balaban J connectivity index is 1.95. The molecule has 3 aromatic rings. The number of aromatic nitrogens is 4. The summed E-state index contributed by atoms with van der Waals surface area (Å²) < 4.78 is 0. The highest BCUT2D eigenvalue weighted by Crippen LogP contribution is 2.22. The molecule has 0 aliphatic heterocycles. The van der Waals surface area contributed by atoms with Crippen molar-refractivity contribution < 1.29 is 4.79 Å². The summed E-state index contributed by atoms with van der Waals surface area (Å²) >= 11 is 5.97. The minimum atomic E-state index is -0.342. The molecule has 8 nitrogen and oxygen atoms in total. The molecule has 0 aromatic carbocycles. The molecule has 0 spiro atoms. The van der Waals surface area contributed by atoms with E-state index in [1.165, 1.54) is 18.6 Å². The van der Waals surface area contributed by atoms with Crippen LogP contribution in [0.3, 0.4) is 0 Å². The lowest BCUT2D eigenvalue weighted by Gasteiger charge is -2.08. The summed E-state index contributed by atoms with van der Waals surface area (Å²) in [7, 11) is 0. The number of amides is 1. The van der Waals surface area contributed by atoms with Gasteiger partial charge in [0.1, 0.15) is 22.2 Å². The molecule has 0 saturated heterocycles. The fourth-order valence-corrected chi connectivity index (χ4v) is 2.32. The average molecular weight is 345 g/mol. The lowest BCUT2D eigenvalue weighted by Crippen LogP contribution is -2.22. The molecule has 0 radical (unpaired) electrons. The van der Waals surface area contributed by atoms with Gasteiger partial charge in [-0.15, -0.1) is 0 Å². The topological polar surface area (TPSA) is 113 Å². The summed E-state index contributed by atoms with van der Waals surface area (Å²) in [6.45, 7) is 2.37. The van der Waals surface area contributed by atoms with Crippen molar-refractivity contribution in [3.63, 3.8) is 0 Å². The molecular weight excluding hydrogens is 332 g/mol. The minimum absolute atomic E-state index is 0.196. The number of rotatable bonds is 4. The number of halogens is 1. The Morgan fingerprint density at radius 2 is 2.17 bits per heavy atom. The van der Waals surface area contributed by atoms with Gasteiger partial charge in [-0.1, -0.05) is 11.6 Å². The first-order valence-electron chi connectivity index (χ1n) is 7.13. The Hall–Kier alpha value is -3.00. The van der Waals surface area contributed by atoms with E-state index >= 15 is 0 Å². The highest BCUT2D eigenvalue weighted by Gasteiger charge is 2.11. The molecule has 24 heavy (non-hydrogen) atoms. The molecular formula is C15H13ClN6O2. The van der Waals surface area contributed by atoms with Crippen LogP contribution in [-0.4, -0.2) is 32.4 Å². The van der Waals surface area contributed by atoms with E-state index in [9.17, 15) is 9.59 Å². The molecule has 3 heterocycles. The fourth-order valence-electron chi connectivity index (χ4n) is 2.14. The summed E-state index contributed by atoms with van der Waals surface area (Å²) in [5.74, 6) is 0.455. The lowest BCUT2D eigenvalue weighted by atomic mass is 10.2. The maximum atomic E-state index is 12.0. The van der Waals surface area contributed by atoms with Crippen LogP contribution in [0, 0.1) is 0 Å². The zero-order valence-electron chi connectivity index (χ0n) is 12.6. The molecule has 122 valence electrons. The maximum absolute atomic E-state index is 12.0. The number of nitrogens with zero attached hydrogens (tertiary/aromatic N) is 3. The predicted molar refractivity (Wildman–Crippen MR) is 90.7 cm³/mol. The summed E-state index contributed by atoms with van der Waals surface area (Å²) in [6.07, 6.45) is 2.73. The Bertz CT molecular complexity index is 954. The van der Waals surface area contributed by atoms with Gasteiger partial charge in [0.05, 0.1) is 17.4 Å². The Morgan fingerprint density at radius 1 is 1.33 bits per heavy atom. The van der Waals surface area contributed by atoms with Crippen LogP contribution < -0.4 is 16.2 Å². The molecule has 0 atom stereocenters. The van der Waals surface area contributed by atoms with Gasteiger partial charge < -0.3 is 15.6 Å². The van der Waals surface area contributed by atoms with Gasteiger partial charge >= 0.3 is 0 Å². The van der Waals surface area contributed by atoms with Crippen molar-refractivity contribution in [1.82, 2.24) is 25.3 Å². The van der Waals surface area contributed by atoms with Crippen molar-refractivity contribution in [2.45, 2.75) is 6.92 Å². The summed E-state index contributed by atoms with van der Waals surface area (Å²) in [5.41, 5.74) is 0.511. The molecule has 0 unspecified atom stereocenters. The first-order chi connectivity index (χ1) is 11.6. The van der Waals surface area contributed by atoms with Crippen molar-refractivity contribution in [3.05, 3.63) is 51.8 Å². The number of H-pyrrole nitrogens is 1. The van der Waals surface area contributed by atoms with Crippen LogP contribution in [0.5, 0.6) is 0 Å². The van der Waals surface area contributed by atoms with E-state index in [2.05, 4.69) is 30.6 Å². The van der Waals surface area contributed by atoms with Crippen LogP contribution in [0.15, 0.2) is 35.5 Å². The van der Waals surface area contributed by atoms with E-state index in [0.717, 1.165) is 0 Å². The molecule has 0 aliphatic rings. The van der Waals surface area contributed by atoms with E-state index in [1.807, 2.05) is 6.92 Å². The fraction of sp³-hybridized carbons (Fsp3) is 0.133. The predicted octanol–water partition coefficient (Wildman–Crippen LogP) is 1.86. The van der Waals surface area contributed by atoms with E-state index in [1.54, 1.807) is 12.1 Å². The summed E-state index contributed by atoms with van der Waals surface area (Å²) in [6, 6.07) is 4.74. The number of carbonyl (C=O) groups excluding carboxylic acids is 1. The third-order valence-electron chi connectivity index (χ3n) is 3.20. The van der Waals surface area contributed by atoms with Gasteiger partial charge in [0, 0.05) is 18.8 Å². The first-order valence-corrected chi connectivity index (χ1v) is 7.51. The van der Waals surface area contributed by atoms with Crippen molar-refractivity contribution in [2.75, 3.05) is 11.9 Å². The number of hydrogen-bond acceptors (Lipinski definition) is 6. The Labute approximate surface area is 141 Å². The molecule has 3 aromatic heterocycles. The molecule has 3 N–H and O–H groups in total. The highest BCUT2D eigenvalue weighted by atomic mass is 35.5. The van der Waals surface area contributed by atoms with Crippen molar-refractivity contribution in [3.8, 4) is 0 Å². The second-order valence-electron chi connectivity index (χ2n) is 4.84. The molecule has 0 aliphatic carbocycles. The first kappa shape index (κ1) is 15.9. The zero-order chi connectivity index (χ0) is 17.1. The number of hydrogen-bond donors (Lipinski definition) is 3. The van der Waals surface area contributed by atoms with Gasteiger partial charge in [0.25, 0.3) is 11.5 Å². The highest BCUT2D eigenvalue weighted by molar-refractivity contribution is 6.30. The SMILES string of the molecule is CCNC(=O)c1ccc(Nc2nc(Cl)cc3nc[nH]c(=O)c23)nc1. The molecule has 3 rings (SSSR count). The quantitative estimate of drug-likeness (QED) is 0.623. The van der Waals surface area contributed by atoms with E-state index in [4.69, 9.17) is 11.6 Å². The minimum Gasteiger partial charge on any atom is -0.352 e. The van der Waals surface area contributed by atoms with Crippen LogP contribution in [0.1, 0.15) is 17.3 Å². The van der Waals surface area contributed by atoms with Gasteiger partial charge in [-0.3, -0.25) is 9.59 Å². The molecule has 1 amide bonds. The molecule has 9 heteroatoms. The lowest BCUT2D eigenvalue weighted by molar-refractivity contribution is 0.0955.